The van der Waals surface area contributed by atoms with Gasteiger partial charge in [0, 0.05) is 11.1 Å². The van der Waals surface area contributed by atoms with E-state index >= 15 is 0 Å². The van der Waals surface area contributed by atoms with Crippen molar-refractivity contribution in [3.05, 3.63) is 30.5 Å². The summed E-state index contributed by atoms with van der Waals surface area (Å²) in [7, 11) is 0. The molecule has 3 rings (SSSR count). The number of ether oxygens (including phenoxy) is 1. The van der Waals surface area contributed by atoms with Crippen molar-refractivity contribution in [1.29, 1.82) is 0 Å². The SMILES string of the molecule is Nc1[nH]ncc1-c1ccccc1OC1CC1. The molecular weight excluding hydrogens is 202 g/mol. The van der Waals surface area contributed by atoms with Crippen LogP contribution in [0.4, 0.5) is 5.82 Å². The highest BCUT2D eigenvalue weighted by Crippen LogP contribution is 2.36. The average Bonchev–Trinajstić information content (AvgIpc) is 3.00. The Morgan fingerprint density at radius 1 is 1.25 bits per heavy atom. The van der Waals surface area contributed by atoms with Gasteiger partial charge in [-0.15, -0.1) is 0 Å². The van der Waals surface area contributed by atoms with Crippen LogP contribution in [0.2, 0.25) is 0 Å². The molecule has 1 aliphatic carbocycles. The van der Waals surface area contributed by atoms with E-state index in [1.165, 1.54) is 0 Å². The maximum absolute atomic E-state index is 5.84. The molecule has 1 fully saturated rings. The Hall–Kier alpha value is -1.97. The lowest BCUT2D eigenvalue weighted by Crippen LogP contribution is -1.98. The van der Waals surface area contributed by atoms with Crippen LogP contribution >= 0.6 is 0 Å². The first kappa shape index (κ1) is 9.27. The van der Waals surface area contributed by atoms with Gasteiger partial charge in [-0.25, -0.2) is 0 Å². The van der Waals surface area contributed by atoms with Crippen LogP contribution in [0.3, 0.4) is 0 Å². The number of nitrogen functional groups attached to an aromatic ring is 1. The van der Waals surface area contributed by atoms with Crippen LogP contribution in [0, 0.1) is 0 Å². The minimum absolute atomic E-state index is 0.384. The first-order valence-corrected chi connectivity index (χ1v) is 5.39. The largest absolute Gasteiger partial charge is 0.490 e. The summed E-state index contributed by atoms with van der Waals surface area (Å²) in [5, 5.41) is 6.66. The van der Waals surface area contributed by atoms with Gasteiger partial charge in [0.2, 0.25) is 0 Å². The fourth-order valence-corrected chi connectivity index (χ4v) is 1.67. The van der Waals surface area contributed by atoms with Crippen molar-refractivity contribution in [3.8, 4) is 16.9 Å². The fourth-order valence-electron chi connectivity index (χ4n) is 1.67. The van der Waals surface area contributed by atoms with E-state index in [9.17, 15) is 0 Å². The third-order valence-corrected chi connectivity index (χ3v) is 2.66. The molecule has 0 spiro atoms. The van der Waals surface area contributed by atoms with Crippen LogP contribution in [-0.4, -0.2) is 16.3 Å². The summed E-state index contributed by atoms with van der Waals surface area (Å²) in [5.74, 6) is 1.46. The maximum Gasteiger partial charge on any atom is 0.127 e. The van der Waals surface area contributed by atoms with Crippen LogP contribution in [0.1, 0.15) is 12.8 Å². The summed E-state index contributed by atoms with van der Waals surface area (Å²) in [5.41, 5.74) is 7.71. The lowest BCUT2D eigenvalue weighted by atomic mass is 10.1. The lowest BCUT2D eigenvalue weighted by Gasteiger charge is -2.09. The molecule has 1 aromatic carbocycles. The van der Waals surface area contributed by atoms with Crippen LogP contribution in [0.25, 0.3) is 11.1 Å². The second kappa shape index (κ2) is 3.56. The van der Waals surface area contributed by atoms with Crippen molar-refractivity contribution in [1.82, 2.24) is 10.2 Å². The molecule has 0 atom stereocenters. The lowest BCUT2D eigenvalue weighted by molar-refractivity contribution is 0.304. The van der Waals surface area contributed by atoms with Crippen LogP contribution in [-0.2, 0) is 0 Å². The summed E-state index contributed by atoms with van der Waals surface area (Å²) in [6, 6.07) is 7.91. The minimum Gasteiger partial charge on any atom is -0.490 e. The molecule has 2 aromatic rings. The molecular formula is C12H13N3O. The molecule has 1 saturated carbocycles. The number of anilines is 1. The highest BCUT2D eigenvalue weighted by molar-refractivity contribution is 5.77. The van der Waals surface area contributed by atoms with E-state index in [0.717, 1.165) is 29.7 Å². The number of aromatic amines is 1. The second-order valence-electron chi connectivity index (χ2n) is 4.01. The predicted octanol–water partition coefficient (Wildman–Crippen LogP) is 2.20. The average molecular weight is 215 g/mol. The predicted molar refractivity (Wildman–Crippen MR) is 62.1 cm³/mol. The van der Waals surface area contributed by atoms with Gasteiger partial charge in [-0.1, -0.05) is 18.2 Å². The Balaban J connectivity index is 2.01. The first-order valence-electron chi connectivity index (χ1n) is 5.39. The number of nitrogens with two attached hydrogens (primary N) is 1. The molecule has 1 heterocycles. The molecule has 0 amide bonds. The minimum atomic E-state index is 0.384. The van der Waals surface area contributed by atoms with Gasteiger partial charge < -0.3 is 10.5 Å². The zero-order valence-corrected chi connectivity index (χ0v) is 8.81. The Bertz CT molecular complexity index is 502. The van der Waals surface area contributed by atoms with Gasteiger partial charge in [0.05, 0.1) is 12.3 Å². The number of nitrogens with zero attached hydrogens (tertiary/aromatic N) is 1. The number of hydrogen-bond donors (Lipinski definition) is 2. The van der Waals surface area contributed by atoms with Gasteiger partial charge in [-0.05, 0) is 18.9 Å². The Morgan fingerprint density at radius 2 is 2.06 bits per heavy atom. The van der Waals surface area contributed by atoms with E-state index in [-0.39, 0.29) is 0 Å². The van der Waals surface area contributed by atoms with Gasteiger partial charge in [0.15, 0.2) is 0 Å². The highest BCUT2D eigenvalue weighted by Gasteiger charge is 2.25. The zero-order valence-electron chi connectivity index (χ0n) is 8.81. The standard InChI is InChI=1S/C12H13N3O/c13-12-10(7-14-15-12)9-3-1-2-4-11(9)16-8-5-6-8/h1-4,7-8H,5-6H2,(H3,13,14,15). The third kappa shape index (κ3) is 1.62. The number of nitrogens with one attached hydrogen (secondary N) is 1. The number of aromatic nitrogens is 2. The smallest absolute Gasteiger partial charge is 0.127 e. The summed E-state index contributed by atoms with van der Waals surface area (Å²) >= 11 is 0. The molecule has 4 nitrogen and oxygen atoms in total. The van der Waals surface area contributed by atoms with E-state index in [4.69, 9.17) is 10.5 Å². The Morgan fingerprint density at radius 3 is 2.75 bits per heavy atom. The van der Waals surface area contributed by atoms with Crippen molar-refractivity contribution in [2.45, 2.75) is 18.9 Å². The van der Waals surface area contributed by atoms with Crippen molar-refractivity contribution >= 4 is 5.82 Å². The van der Waals surface area contributed by atoms with Gasteiger partial charge in [0.1, 0.15) is 11.6 Å². The second-order valence-corrected chi connectivity index (χ2v) is 4.01. The van der Waals surface area contributed by atoms with Crippen LogP contribution < -0.4 is 10.5 Å². The topological polar surface area (TPSA) is 63.9 Å². The molecule has 0 unspecified atom stereocenters. The highest BCUT2D eigenvalue weighted by atomic mass is 16.5. The molecule has 1 aliphatic rings. The Labute approximate surface area is 93.4 Å². The van der Waals surface area contributed by atoms with Crippen molar-refractivity contribution in [2.24, 2.45) is 0 Å². The monoisotopic (exact) mass is 215 g/mol. The number of rotatable bonds is 3. The third-order valence-electron chi connectivity index (χ3n) is 2.66. The summed E-state index contributed by atoms with van der Waals surface area (Å²) in [6.45, 7) is 0. The molecule has 0 radical (unpaired) electrons. The molecule has 82 valence electrons. The molecule has 16 heavy (non-hydrogen) atoms. The molecule has 0 saturated heterocycles. The molecule has 3 N–H and O–H groups in total. The van der Waals surface area contributed by atoms with E-state index < -0.39 is 0 Å². The van der Waals surface area contributed by atoms with E-state index in [1.54, 1.807) is 6.20 Å². The number of H-pyrrole nitrogens is 1. The van der Waals surface area contributed by atoms with Gasteiger partial charge >= 0.3 is 0 Å². The summed E-state index contributed by atoms with van der Waals surface area (Å²) in [4.78, 5) is 0. The Kier molecular flexibility index (Phi) is 2.06. The number of hydrogen-bond acceptors (Lipinski definition) is 3. The van der Waals surface area contributed by atoms with Gasteiger partial charge in [-0.2, -0.15) is 5.10 Å². The van der Waals surface area contributed by atoms with E-state index in [2.05, 4.69) is 10.2 Å². The quantitative estimate of drug-likeness (QED) is 0.825. The van der Waals surface area contributed by atoms with Gasteiger partial charge in [0.25, 0.3) is 0 Å². The van der Waals surface area contributed by atoms with Crippen LogP contribution in [0.5, 0.6) is 5.75 Å². The molecule has 4 heteroatoms. The maximum atomic E-state index is 5.84. The van der Waals surface area contributed by atoms with E-state index in [1.807, 2.05) is 24.3 Å². The van der Waals surface area contributed by atoms with Crippen molar-refractivity contribution in [2.75, 3.05) is 5.73 Å². The molecule has 0 bridgehead atoms. The summed E-state index contributed by atoms with van der Waals surface area (Å²) in [6.07, 6.45) is 4.41. The molecule has 1 aromatic heterocycles. The normalized spacial score (nSPS) is 15.0. The fraction of sp³-hybridized carbons (Fsp3) is 0.250. The van der Waals surface area contributed by atoms with Crippen molar-refractivity contribution in [3.63, 3.8) is 0 Å². The first-order chi connectivity index (χ1) is 7.84. The van der Waals surface area contributed by atoms with Crippen LogP contribution in [0.15, 0.2) is 30.5 Å². The number of para-hydroxylation sites is 1. The number of benzene rings is 1. The molecule has 0 aliphatic heterocycles. The zero-order chi connectivity index (χ0) is 11.0. The summed E-state index contributed by atoms with van der Waals surface area (Å²) < 4.78 is 5.84. The van der Waals surface area contributed by atoms with Crippen molar-refractivity contribution < 1.29 is 4.74 Å². The van der Waals surface area contributed by atoms with E-state index in [0.29, 0.717) is 11.9 Å². The van der Waals surface area contributed by atoms with Gasteiger partial charge in [-0.3, -0.25) is 5.10 Å².